The van der Waals surface area contributed by atoms with E-state index >= 15 is 0 Å². The first-order valence-corrected chi connectivity index (χ1v) is 12.7. The first-order valence-electron chi connectivity index (χ1n) is 12.0. The monoisotopic (exact) mass is 532 g/mol. The molecule has 8 heteroatoms. The van der Waals surface area contributed by atoms with E-state index < -0.39 is 11.7 Å². The number of hydrogen-bond acceptors (Lipinski definition) is 4. The molecule has 36 heavy (non-hydrogen) atoms. The molecule has 0 aliphatic carbocycles. The summed E-state index contributed by atoms with van der Waals surface area (Å²) >= 11 is 12.6. The number of aromatic nitrogens is 1. The second-order valence-electron chi connectivity index (χ2n) is 10.1. The Labute approximate surface area is 220 Å². The van der Waals surface area contributed by atoms with Crippen LogP contribution in [-0.4, -0.2) is 29.1 Å². The standard InChI is InChI=1S/C28H28Cl2F2N2O2/c1-26(2,19-6-8-22(9-7-19)35-27(3,31)32)34-13-10-28(11-14-34)25-23(5-4-12-33-25)24(36-28)18-15-20(29)17-21(30)16-18/h4-9,12,15-17,24H,10-11,13-14H2,1-3H3. The molecule has 0 N–H and O–H groups in total. The highest BCUT2D eigenvalue weighted by Gasteiger charge is 2.50. The van der Waals surface area contributed by atoms with Crippen molar-refractivity contribution in [2.45, 2.75) is 57.0 Å². The Morgan fingerprint density at radius 3 is 2.25 bits per heavy atom. The van der Waals surface area contributed by atoms with Crippen LogP contribution in [0.2, 0.25) is 10.0 Å². The molecule has 190 valence electrons. The fourth-order valence-corrected chi connectivity index (χ4v) is 5.97. The molecule has 3 heterocycles. The Bertz CT molecular complexity index is 1230. The van der Waals surface area contributed by atoms with Gasteiger partial charge in [-0.3, -0.25) is 9.88 Å². The predicted molar refractivity (Wildman–Crippen MR) is 137 cm³/mol. The van der Waals surface area contributed by atoms with E-state index in [4.69, 9.17) is 32.9 Å². The van der Waals surface area contributed by atoms with Crippen LogP contribution in [0.1, 0.15) is 62.1 Å². The lowest BCUT2D eigenvalue weighted by atomic mass is 9.83. The Hall–Kier alpha value is -2.25. The number of ether oxygens (including phenoxy) is 2. The van der Waals surface area contributed by atoms with E-state index in [9.17, 15) is 8.78 Å². The quantitative estimate of drug-likeness (QED) is 0.336. The van der Waals surface area contributed by atoms with Crippen molar-refractivity contribution < 1.29 is 18.3 Å². The van der Waals surface area contributed by atoms with E-state index in [1.807, 2.05) is 36.5 Å². The molecule has 4 nitrogen and oxygen atoms in total. The van der Waals surface area contributed by atoms with Gasteiger partial charge in [-0.15, -0.1) is 0 Å². The van der Waals surface area contributed by atoms with Crippen molar-refractivity contribution in [1.29, 1.82) is 0 Å². The van der Waals surface area contributed by atoms with Gasteiger partial charge in [-0.1, -0.05) is 41.4 Å². The van der Waals surface area contributed by atoms with Crippen molar-refractivity contribution in [1.82, 2.24) is 9.88 Å². The summed E-state index contributed by atoms with van der Waals surface area (Å²) in [4.78, 5) is 7.16. The number of alkyl halides is 2. The van der Waals surface area contributed by atoms with Crippen LogP contribution in [0.3, 0.4) is 0 Å². The molecule has 1 spiro atoms. The second-order valence-corrected chi connectivity index (χ2v) is 11.0. The average Bonchev–Trinajstić information content (AvgIpc) is 3.12. The zero-order chi connectivity index (χ0) is 25.7. The van der Waals surface area contributed by atoms with Crippen molar-refractivity contribution in [3.05, 3.63) is 93.2 Å². The number of fused-ring (bicyclic) bond motifs is 2. The van der Waals surface area contributed by atoms with Gasteiger partial charge in [0.25, 0.3) is 0 Å². The van der Waals surface area contributed by atoms with Gasteiger partial charge in [0, 0.05) is 47.4 Å². The molecule has 1 atom stereocenters. The molecule has 1 aromatic heterocycles. The molecular weight excluding hydrogens is 505 g/mol. The summed E-state index contributed by atoms with van der Waals surface area (Å²) in [5.74, 6) is 0.147. The molecule has 1 fully saturated rings. The van der Waals surface area contributed by atoms with E-state index in [1.165, 1.54) is 0 Å². The van der Waals surface area contributed by atoms with Crippen LogP contribution in [0, 0.1) is 0 Å². The minimum Gasteiger partial charge on any atom is -0.433 e. The molecule has 2 aliphatic rings. The highest BCUT2D eigenvalue weighted by Crippen LogP contribution is 2.52. The third kappa shape index (κ3) is 4.84. The van der Waals surface area contributed by atoms with Crippen LogP contribution in [0.15, 0.2) is 60.8 Å². The largest absolute Gasteiger partial charge is 0.433 e. The third-order valence-corrected chi connectivity index (χ3v) is 7.74. The number of pyridine rings is 1. The zero-order valence-corrected chi connectivity index (χ0v) is 21.9. The Kier molecular flexibility index (Phi) is 6.53. The second kappa shape index (κ2) is 9.25. The minimum absolute atomic E-state index is 0.147. The van der Waals surface area contributed by atoms with Crippen LogP contribution in [0.25, 0.3) is 0 Å². The van der Waals surface area contributed by atoms with E-state index in [1.54, 1.807) is 18.2 Å². The number of piperidine rings is 1. The molecule has 1 saturated heterocycles. The number of benzene rings is 2. The predicted octanol–water partition coefficient (Wildman–Crippen LogP) is 7.73. The summed E-state index contributed by atoms with van der Waals surface area (Å²) in [6, 6.07) is 16.4. The Balaban J connectivity index is 1.36. The number of nitrogens with zero attached hydrogens (tertiary/aromatic N) is 2. The normalized spacial score (nSPS) is 19.9. The molecule has 0 amide bonds. The van der Waals surface area contributed by atoms with Crippen LogP contribution >= 0.6 is 23.2 Å². The lowest BCUT2D eigenvalue weighted by molar-refractivity contribution is -0.158. The van der Waals surface area contributed by atoms with Gasteiger partial charge in [-0.05, 0) is 74.2 Å². The lowest BCUT2D eigenvalue weighted by Crippen LogP contribution is -2.50. The van der Waals surface area contributed by atoms with Gasteiger partial charge in [0.2, 0.25) is 0 Å². The van der Waals surface area contributed by atoms with E-state index in [0.29, 0.717) is 10.0 Å². The Morgan fingerprint density at radius 1 is 1.00 bits per heavy atom. The smallest absolute Gasteiger partial charge is 0.394 e. The van der Waals surface area contributed by atoms with Crippen molar-refractivity contribution in [3.63, 3.8) is 0 Å². The van der Waals surface area contributed by atoms with Crippen molar-refractivity contribution >= 4 is 23.2 Å². The molecule has 2 aromatic carbocycles. The Morgan fingerprint density at radius 2 is 1.64 bits per heavy atom. The summed E-state index contributed by atoms with van der Waals surface area (Å²) in [6.45, 7) is 6.61. The summed E-state index contributed by atoms with van der Waals surface area (Å²) in [6.07, 6.45) is -0.133. The van der Waals surface area contributed by atoms with Crippen molar-refractivity contribution in [2.75, 3.05) is 13.1 Å². The van der Waals surface area contributed by atoms with Crippen LogP contribution in [0.5, 0.6) is 5.75 Å². The summed E-state index contributed by atoms with van der Waals surface area (Å²) in [7, 11) is 0. The minimum atomic E-state index is -3.21. The topological polar surface area (TPSA) is 34.6 Å². The van der Waals surface area contributed by atoms with Gasteiger partial charge in [-0.25, -0.2) is 0 Å². The molecule has 2 aliphatic heterocycles. The van der Waals surface area contributed by atoms with Crippen molar-refractivity contribution in [3.8, 4) is 5.75 Å². The summed E-state index contributed by atoms with van der Waals surface area (Å²) in [5.41, 5.74) is 3.18. The fourth-order valence-electron chi connectivity index (χ4n) is 5.43. The highest BCUT2D eigenvalue weighted by molar-refractivity contribution is 6.34. The highest BCUT2D eigenvalue weighted by atomic mass is 35.5. The van der Waals surface area contributed by atoms with Crippen molar-refractivity contribution in [2.24, 2.45) is 0 Å². The van der Waals surface area contributed by atoms with Gasteiger partial charge in [0.1, 0.15) is 17.5 Å². The van der Waals surface area contributed by atoms with E-state index in [0.717, 1.165) is 55.2 Å². The fraction of sp³-hybridized carbons (Fsp3) is 0.393. The number of rotatable bonds is 5. The molecule has 3 aromatic rings. The van der Waals surface area contributed by atoms with Crippen LogP contribution in [0.4, 0.5) is 8.78 Å². The number of halogens is 4. The number of likely N-dealkylation sites (tertiary alicyclic amines) is 1. The van der Waals surface area contributed by atoms with Gasteiger partial charge in [0.05, 0.1) is 5.69 Å². The zero-order valence-electron chi connectivity index (χ0n) is 20.4. The van der Waals surface area contributed by atoms with Gasteiger partial charge in [-0.2, -0.15) is 8.78 Å². The third-order valence-electron chi connectivity index (χ3n) is 7.30. The first-order chi connectivity index (χ1) is 17.0. The SMILES string of the molecule is CC(F)(F)Oc1ccc(C(C)(C)N2CCC3(CC2)OC(c2cc(Cl)cc(Cl)c2)c2cccnc23)cc1. The molecule has 1 unspecified atom stereocenters. The van der Waals surface area contributed by atoms with Gasteiger partial charge >= 0.3 is 6.11 Å². The molecule has 5 rings (SSSR count). The maximum Gasteiger partial charge on any atom is 0.394 e. The summed E-state index contributed by atoms with van der Waals surface area (Å²) in [5, 5.41) is 1.14. The average molecular weight is 533 g/mol. The molecular formula is C28H28Cl2F2N2O2. The van der Waals surface area contributed by atoms with Crippen LogP contribution in [-0.2, 0) is 15.9 Å². The molecule has 0 saturated carbocycles. The number of hydrogen-bond donors (Lipinski definition) is 0. The van der Waals surface area contributed by atoms with Gasteiger partial charge < -0.3 is 9.47 Å². The lowest BCUT2D eigenvalue weighted by Gasteiger charge is -2.46. The van der Waals surface area contributed by atoms with E-state index in [-0.39, 0.29) is 17.4 Å². The van der Waals surface area contributed by atoms with E-state index in [2.05, 4.69) is 29.6 Å². The van der Waals surface area contributed by atoms with Gasteiger partial charge in [0.15, 0.2) is 0 Å². The van der Waals surface area contributed by atoms with Crippen LogP contribution < -0.4 is 4.74 Å². The maximum absolute atomic E-state index is 13.2. The molecule has 0 bridgehead atoms. The summed E-state index contributed by atoms with van der Waals surface area (Å²) < 4.78 is 37.9. The maximum atomic E-state index is 13.2. The first kappa shape index (κ1) is 25.4. The molecule has 0 radical (unpaired) electrons.